The second-order valence-electron chi connectivity index (χ2n) is 7.30. The molecule has 1 aliphatic rings. The highest BCUT2D eigenvalue weighted by Gasteiger charge is 2.14. The molecule has 1 fully saturated rings. The molecule has 0 aromatic heterocycles. The summed E-state index contributed by atoms with van der Waals surface area (Å²) >= 11 is 0. The first-order chi connectivity index (χ1) is 13.7. The Kier molecular flexibility index (Phi) is 14.1. The molecule has 29 heavy (non-hydrogen) atoms. The first-order valence-corrected chi connectivity index (χ1v) is 10.8. The van der Waals surface area contributed by atoms with Gasteiger partial charge in [-0.3, -0.25) is 4.99 Å². The highest BCUT2D eigenvalue weighted by atomic mass is 127. The summed E-state index contributed by atoms with van der Waals surface area (Å²) in [5, 5.41) is 3.39. The van der Waals surface area contributed by atoms with Crippen molar-refractivity contribution in [2.24, 2.45) is 4.99 Å². The van der Waals surface area contributed by atoms with Crippen molar-refractivity contribution in [2.75, 3.05) is 72.6 Å². The SMILES string of the molecule is CCNC(=NCCCCN1CCN(CC)CC1)N(C)CCOc1ccccc1.I. The van der Waals surface area contributed by atoms with Crippen LogP contribution in [-0.4, -0.2) is 93.2 Å². The molecule has 7 heteroatoms. The third-order valence-electron chi connectivity index (χ3n) is 5.19. The zero-order valence-electron chi connectivity index (χ0n) is 18.5. The van der Waals surface area contributed by atoms with Gasteiger partial charge in [0.25, 0.3) is 0 Å². The summed E-state index contributed by atoms with van der Waals surface area (Å²) in [6.07, 6.45) is 2.35. The molecule has 0 spiro atoms. The number of hydrogen-bond donors (Lipinski definition) is 1. The van der Waals surface area contributed by atoms with E-state index in [0.29, 0.717) is 6.61 Å². The van der Waals surface area contributed by atoms with Crippen LogP contribution in [0.1, 0.15) is 26.7 Å². The summed E-state index contributed by atoms with van der Waals surface area (Å²) in [6.45, 7) is 14.8. The number of unbranched alkanes of at least 4 members (excludes halogenated alkanes) is 1. The lowest BCUT2D eigenvalue weighted by Crippen LogP contribution is -2.46. The minimum absolute atomic E-state index is 0. The largest absolute Gasteiger partial charge is 0.492 e. The maximum absolute atomic E-state index is 5.80. The molecular weight excluding hydrogens is 477 g/mol. The molecule has 1 aromatic carbocycles. The molecule has 0 amide bonds. The van der Waals surface area contributed by atoms with E-state index in [4.69, 9.17) is 9.73 Å². The van der Waals surface area contributed by atoms with E-state index < -0.39 is 0 Å². The molecule has 1 N–H and O–H groups in total. The fourth-order valence-electron chi connectivity index (χ4n) is 3.35. The van der Waals surface area contributed by atoms with Gasteiger partial charge in [-0.1, -0.05) is 25.1 Å². The standard InChI is InChI=1S/C22H39N5O.HI/c1-4-23-22(25(3)19-20-28-21-11-7-6-8-12-21)24-13-9-10-14-27-17-15-26(5-2)16-18-27;/h6-8,11-12H,4-5,9-10,13-20H2,1-3H3,(H,23,24);1H. The first kappa shape index (κ1) is 26.0. The zero-order valence-corrected chi connectivity index (χ0v) is 20.8. The number of para-hydroxylation sites is 1. The normalized spacial score (nSPS) is 15.6. The van der Waals surface area contributed by atoms with Gasteiger partial charge in [-0.05, 0) is 45.0 Å². The van der Waals surface area contributed by atoms with E-state index in [9.17, 15) is 0 Å². The Hall–Kier alpha value is -1.06. The molecular formula is C22H40IN5O. The van der Waals surface area contributed by atoms with Crippen LogP contribution in [0.15, 0.2) is 35.3 Å². The van der Waals surface area contributed by atoms with Gasteiger partial charge in [0, 0.05) is 46.3 Å². The van der Waals surface area contributed by atoms with Gasteiger partial charge in [-0.2, -0.15) is 0 Å². The third-order valence-corrected chi connectivity index (χ3v) is 5.19. The van der Waals surface area contributed by atoms with Crippen LogP contribution in [0.25, 0.3) is 0 Å². The number of benzene rings is 1. The molecule has 2 rings (SSSR count). The lowest BCUT2D eigenvalue weighted by atomic mass is 10.2. The van der Waals surface area contributed by atoms with Crippen molar-refractivity contribution in [1.82, 2.24) is 20.0 Å². The van der Waals surface area contributed by atoms with Gasteiger partial charge in [-0.15, -0.1) is 24.0 Å². The number of nitrogens with one attached hydrogen (secondary N) is 1. The maximum atomic E-state index is 5.80. The van der Waals surface area contributed by atoms with Gasteiger partial charge < -0.3 is 24.8 Å². The fourth-order valence-corrected chi connectivity index (χ4v) is 3.35. The molecule has 0 saturated carbocycles. The molecule has 166 valence electrons. The second kappa shape index (κ2) is 15.7. The minimum atomic E-state index is 0. The number of rotatable bonds is 11. The third kappa shape index (κ3) is 10.5. The summed E-state index contributed by atoms with van der Waals surface area (Å²) < 4.78 is 5.80. The number of aliphatic imine (C=N–C) groups is 1. The Balaban J connectivity index is 0.00000420. The van der Waals surface area contributed by atoms with E-state index in [-0.39, 0.29) is 24.0 Å². The maximum Gasteiger partial charge on any atom is 0.193 e. The van der Waals surface area contributed by atoms with Gasteiger partial charge in [-0.25, -0.2) is 0 Å². The molecule has 1 aromatic rings. The van der Waals surface area contributed by atoms with Crippen LogP contribution >= 0.6 is 24.0 Å². The Bertz CT molecular complexity index is 549. The van der Waals surface area contributed by atoms with Gasteiger partial charge >= 0.3 is 0 Å². The average molecular weight is 518 g/mol. The number of hydrogen-bond acceptors (Lipinski definition) is 4. The van der Waals surface area contributed by atoms with Gasteiger partial charge in [0.2, 0.25) is 0 Å². The Labute approximate surface area is 194 Å². The first-order valence-electron chi connectivity index (χ1n) is 10.8. The molecule has 0 atom stereocenters. The number of halogens is 1. The second-order valence-corrected chi connectivity index (χ2v) is 7.30. The smallest absolute Gasteiger partial charge is 0.193 e. The van der Waals surface area contributed by atoms with Crippen LogP contribution < -0.4 is 10.1 Å². The summed E-state index contributed by atoms with van der Waals surface area (Å²) in [5.74, 6) is 1.88. The monoisotopic (exact) mass is 517 g/mol. The summed E-state index contributed by atoms with van der Waals surface area (Å²) in [4.78, 5) is 12.1. The molecule has 6 nitrogen and oxygen atoms in total. The van der Waals surface area contributed by atoms with Crippen molar-refractivity contribution < 1.29 is 4.74 Å². The summed E-state index contributed by atoms with van der Waals surface area (Å²) in [5.41, 5.74) is 0. The van der Waals surface area contributed by atoms with E-state index >= 15 is 0 Å². The number of guanidine groups is 1. The fraction of sp³-hybridized carbons (Fsp3) is 0.682. The Morgan fingerprint density at radius 2 is 1.76 bits per heavy atom. The van der Waals surface area contributed by atoms with E-state index in [1.807, 2.05) is 30.3 Å². The minimum Gasteiger partial charge on any atom is -0.492 e. The lowest BCUT2D eigenvalue weighted by Gasteiger charge is -2.33. The van der Waals surface area contributed by atoms with Gasteiger partial charge in [0.15, 0.2) is 5.96 Å². The van der Waals surface area contributed by atoms with Crippen molar-refractivity contribution >= 4 is 29.9 Å². The topological polar surface area (TPSA) is 43.3 Å². The molecule has 1 aliphatic heterocycles. The van der Waals surface area contributed by atoms with Crippen LogP contribution in [0.5, 0.6) is 5.75 Å². The van der Waals surface area contributed by atoms with Gasteiger partial charge in [0.1, 0.15) is 12.4 Å². The van der Waals surface area contributed by atoms with Crippen LogP contribution in [0.3, 0.4) is 0 Å². The van der Waals surface area contributed by atoms with E-state index in [1.165, 1.54) is 45.7 Å². The number of ether oxygens (including phenoxy) is 1. The number of nitrogens with zero attached hydrogens (tertiary/aromatic N) is 4. The van der Waals surface area contributed by atoms with Crippen molar-refractivity contribution in [2.45, 2.75) is 26.7 Å². The van der Waals surface area contributed by atoms with Crippen LogP contribution in [0.4, 0.5) is 0 Å². The van der Waals surface area contributed by atoms with Crippen LogP contribution in [0, 0.1) is 0 Å². The van der Waals surface area contributed by atoms with Gasteiger partial charge in [0.05, 0.1) is 6.54 Å². The molecule has 0 bridgehead atoms. The summed E-state index contributed by atoms with van der Waals surface area (Å²) in [6, 6.07) is 9.96. The van der Waals surface area contributed by atoms with Crippen molar-refractivity contribution in [3.63, 3.8) is 0 Å². The molecule has 0 radical (unpaired) electrons. The number of likely N-dealkylation sites (N-methyl/N-ethyl adjacent to an activating group) is 2. The summed E-state index contributed by atoms with van der Waals surface area (Å²) in [7, 11) is 2.07. The van der Waals surface area contributed by atoms with Crippen LogP contribution in [0.2, 0.25) is 0 Å². The average Bonchev–Trinajstić information content (AvgIpc) is 2.74. The van der Waals surface area contributed by atoms with E-state index in [2.05, 4.69) is 40.9 Å². The molecule has 0 unspecified atom stereocenters. The van der Waals surface area contributed by atoms with E-state index in [1.54, 1.807) is 0 Å². The quantitative estimate of drug-likeness (QED) is 0.212. The lowest BCUT2D eigenvalue weighted by molar-refractivity contribution is 0.136. The van der Waals surface area contributed by atoms with Crippen molar-refractivity contribution in [1.29, 1.82) is 0 Å². The number of piperazine rings is 1. The Morgan fingerprint density at radius 3 is 2.41 bits per heavy atom. The highest BCUT2D eigenvalue weighted by molar-refractivity contribution is 14.0. The van der Waals surface area contributed by atoms with E-state index in [0.717, 1.165) is 37.8 Å². The molecule has 1 saturated heterocycles. The zero-order chi connectivity index (χ0) is 20.0. The highest BCUT2D eigenvalue weighted by Crippen LogP contribution is 2.08. The molecule has 0 aliphatic carbocycles. The Morgan fingerprint density at radius 1 is 1.07 bits per heavy atom. The van der Waals surface area contributed by atoms with Crippen molar-refractivity contribution in [3.05, 3.63) is 30.3 Å². The predicted molar refractivity (Wildman–Crippen MR) is 134 cm³/mol. The van der Waals surface area contributed by atoms with Crippen molar-refractivity contribution in [3.8, 4) is 5.75 Å². The molecule has 1 heterocycles. The predicted octanol–water partition coefficient (Wildman–Crippen LogP) is 3.00. The van der Waals surface area contributed by atoms with Crippen LogP contribution in [-0.2, 0) is 0 Å².